The van der Waals surface area contributed by atoms with Crippen molar-refractivity contribution in [2.24, 2.45) is 5.92 Å². The lowest BCUT2D eigenvalue weighted by Gasteiger charge is -2.30. The van der Waals surface area contributed by atoms with E-state index in [1.54, 1.807) is 0 Å². The van der Waals surface area contributed by atoms with E-state index in [0.717, 1.165) is 23.0 Å². The fourth-order valence-electron chi connectivity index (χ4n) is 2.73. The van der Waals surface area contributed by atoms with Crippen molar-refractivity contribution in [2.45, 2.75) is 25.8 Å². The third-order valence-electron chi connectivity index (χ3n) is 3.97. The van der Waals surface area contributed by atoms with Crippen molar-refractivity contribution >= 4 is 27.8 Å². The van der Waals surface area contributed by atoms with Crippen LogP contribution < -0.4 is 5.32 Å². The van der Waals surface area contributed by atoms with Crippen molar-refractivity contribution < 1.29 is 14.7 Å². The Morgan fingerprint density at radius 2 is 2.09 bits per heavy atom. The maximum absolute atomic E-state index is 12.1. The summed E-state index contributed by atoms with van der Waals surface area (Å²) in [6.45, 7) is 3.43. The average molecular weight is 369 g/mol. The molecule has 1 aliphatic heterocycles. The first-order valence-corrected chi connectivity index (χ1v) is 8.25. The smallest absolute Gasteiger partial charge is 0.307 e. The highest BCUT2D eigenvalue weighted by molar-refractivity contribution is 9.10. The zero-order valence-corrected chi connectivity index (χ0v) is 14.2. The molecule has 120 valence electrons. The molecule has 1 saturated heterocycles. The van der Waals surface area contributed by atoms with Gasteiger partial charge in [0, 0.05) is 11.0 Å². The van der Waals surface area contributed by atoms with Gasteiger partial charge in [-0.25, -0.2) is 0 Å². The molecule has 0 saturated carbocycles. The number of halogens is 1. The van der Waals surface area contributed by atoms with Crippen LogP contribution in [0.1, 0.15) is 31.4 Å². The number of carbonyl (C=O) groups excluding carboxylic acids is 1. The summed E-state index contributed by atoms with van der Waals surface area (Å²) in [6.07, 6.45) is 1.52. The lowest BCUT2D eigenvalue weighted by Crippen LogP contribution is -2.44. The third kappa shape index (κ3) is 4.81. The van der Waals surface area contributed by atoms with Crippen molar-refractivity contribution in [2.75, 3.05) is 19.6 Å². The average Bonchev–Trinajstić information content (AvgIpc) is 2.47. The monoisotopic (exact) mass is 368 g/mol. The molecule has 1 heterocycles. The number of likely N-dealkylation sites (tertiary alicyclic amines) is 1. The predicted molar refractivity (Wildman–Crippen MR) is 87.5 cm³/mol. The Bertz CT molecular complexity index is 533. The molecule has 2 atom stereocenters. The molecule has 0 bridgehead atoms. The molecular formula is C16H21BrN2O3. The Morgan fingerprint density at radius 1 is 1.41 bits per heavy atom. The second kappa shape index (κ2) is 7.74. The predicted octanol–water partition coefficient (Wildman–Crippen LogP) is 2.42. The van der Waals surface area contributed by atoms with Gasteiger partial charge in [0.2, 0.25) is 5.91 Å². The first-order chi connectivity index (χ1) is 10.5. The fourth-order valence-corrected chi connectivity index (χ4v) is 2.99. The molecule has 1 aliphatic rings. The quantitative estimate of drug-likeness (QED) is 0.837. The summed E-state index contributed by atoms with van der Waals surface area (Å²) in [4.78, 5) is 25.1. The van der Waals surface area contributed by atoms with Gasteiger partial charge in [-0.15, -0.1) is 0 Å². The maximum atomic E-state index is 12.1. The van der Waals surface area contributed by atoms with Crippen molar-refractivity contribution in [1.82, 2.24) is 10.2 Å². The van der Waals surface area contributed by atoms with Crippen LogP contribution in [0, 0.1) is 5.92 Å². The van der Waals surface area contributed by atoms with E-state index in [0.29, 0.717) is 13.0 Å². The van der Waals surface area contributed by atoms with Gasteiger partial charge in [-0.2, -0.15) is 0 Å². The van der Waals surface area contributed by atoms with E-state index in [1.807, 2.05) is 36.1 Å². The number of carboxylic acids is 1. The van der Waals surface area contributed by atoms with Crippen LogP contribution in [-0.2, 0) is 9.59 Å². The van der Waals surface area contributed by atoms with Crippen molar-refractivity contribution in [1.29, 1.82) is 0 Å². The zero-order valence-electron chi connectivity index (χ0n) is 12.6. The van der Waals surface area contributed by atoms with E-state index in [9.17, 15) is 9.59 Å². The molecule has 22 heavy (non-hydrogen) atoms. The van der Waals surface area contributed by atoms with E-state index in [-0.39, 0.29) is 24.4 Å². The Kier molecular flexibility index (Phi) is 5.97. The number of amides is 1. The molecule has 6 heteroatoms. The van der Waals surface area contributed by atoms with Gasteiger partial charge in [-0.3, -0.25) is 14.5 Å². The number of aliphatic carboxylic acids is 1. The van der Waals surface area contributed by atoms with E-state index in [4.69, 9.17) is 5.11 Å². The van der Waals surface area contributed by atoms with E-state index in [1.165, 1.54) is 0 Å². The maximum Gasteiger partial charge on any atom is 0.307 e. The van der Waals surface area contributed by atoms with Gasteiger partial charge in [0.1, 0.15) is 0 Å². The molecule has 1 amide bonds. The summed E-state index contributed by atoms with van der Waals surface area (Å²) < 4.78 is 1.00. The van der Waals surface area contributed by atoms with E-state index >= 15 is 0 Å². The number of hydrogen-bond acceptors (Lipinski definition) is 3. The molecule has 1 aromatic rings. The lowest BCUT2D eigenvalue weighted by atomic mass is 9.98. The molecule has 0 radical (unpaired) electrons. The van der Waals surface area contributed by atoms with Crippen LogP contribution in [0.5, 0.6) is 0 Å². The molecule has 1 fully saturated rings. The molecular weight excluding hydrogens is 348 g/mol. The van der Waals surface area contributed by atoms with Crippen LogP contribution in [0.3, 0.4) is 0 Å². The molecule has 0 spiro atoms. The topological polar surface area (TPSA) is 69.6 Å². The minimum atomic E-state index is -0.770. The van der Waals surface area contributed by atoms with Crippen molar-refractivity contribution in [3.05, 3.63) is 34.3 Å². The summed E-state index contributed by atoms with van der Waals surface area (Å²) in [5.41, 5.74) is 1.04. The Labute approximate surface area is 138 Å². The van der Waals surface area contributed by atoms with Gasteiger partial charge in [0.25, 0.3) is 0 Å². The number of nitrogens with zero attached hydrogens (tertiary/aromatic N) is 1. The number of carboxylic acid groups (broad SMARTS) is 1. The summed E-state index contributed by atoms with van der Waals surface area (Å²) in [7, 11) is 0. The summed E-state index contributed by atoms with van der Waals surface area (Å²) in [6, 6.07) is 7.76. The van der Waals surface area contributed by atoms with Crippen LogP contribution in [0.15, 0.2) is 28.7 Å². The minimum Gasteiger partial charge on any atom is -0.481 e. The number of nitrogens with one attached hydrogen (secondary N) is 1. The SMILES string of the molecule is C[C@@H](NC(=O)CN1CCC[C@H](C(=O)O)C1)c1ccc(Br)cc1. The van der Waals surface area contributed by atoms with Gasteiger partial charge in [-0.1, -0.05) is 28.1 Å². The minimum absolute atomic E-state index is 0.0681. The largest absolute Gasteiger partial charge is 0.481 e. The summed E-state index contributed by atoms with van der Waals surface area (Å²) in [5.74, 6) is -1.19. The highest BCUT2D eigenvalue weighted by atomic mass is 79.9. The normalized spacial score (nSPS) is 20.4. The lowest BCUT2D eigenvalue weighted by molar-refractivity contribution is -0.144. The molecule has 5 nitrogen and oxygen atoms in total. The molecule has 0 unspecified atom stereocenters. The first-order valence-electron chi connectivity index (χ1n) is 7.45. The summed E-state index contributed by atoms with van der Waals surface area (Å²) in [5, 5.41) is 12.0. The Hall–Kier alpha value is -1.40. The Balaban J connectivity index is 1.84. The fraction of sp³-hybridized carbons (Fsp3) is 0.500. The summed E-state index contributed by atoms with van der Waals surface area (Å²) >= 11 is 3.39. The first kappa shape index (κ1) is 17.0. The van der Waals surface area contributed by atoms with Gasteiger partial charge >= 0.3 is 5.97 Å². The van der Waals surface area contributed by atoms with Crippen molar-refractivity contribution in [3.8, 4) is 0 Å². The molecule has 2 N–H and O–H groups in total. The highest BCUT2D eigenvalue weighted by Crippen LogP contribution is 2.18. The van der Waals surface area contributed by atoms with Crippen LogP contribution in [-0.4, -0.2) is 41.5 Å². The van der Waals surface area contributed by atoms with Crippen LogP contribution in [0.2, 0.25) is 0 Å². The van der Waals surface area contributed by atoms with Gasteiger partial charge < -0.3 is 10.4 Å². The second-order valence-electron chi connectivity index (χ2n) is 5.75. The number of piperidine rings is 1. The standard InChI is InChI=1S/C16H21BrN2O3/c1-11(12-4-6-14(17)7-5-12)18-15(20)10-19-8-2-3-13(9-19)16(21)22/h4-7,11,13H,2-3,8-10H2,1H3,(H,18,20)(H,21,22)/t11-,13+/m1/s1. The third-order valence-corrected chi connectivity index (χ3v) is 4.50. The second-order valence-corrected chi connectivity index (χ2v) is 6.67. The van der Waals surface area contributed by atoms with E-state index < -0.39 is 5.97 Å². The van der Waals surface area contributed by atoms with Crippen LogP contribution in [0.4, 0.5) is 0 Å². The van der Waals surface area contributed by atoms with Gasteiger partial charge in [-0.05, 0) is 44.0 Å². The van der Waals surface area contributed by atoms with E-state index in [2.05, 4.69) is 21.2 Å². The molecule has 1 aromatic carbocycles. The molecule has 0 aromatic heterocycles. The number of rotatable bonds is 5. The number of benzene rings is 1. The number of carbonyl (C=O) groups is 2. The molecule has 2 rings (SSSR count). The molecule has 0 aliphatic carbocycles. The van der Waals surface area contributed by atoms with Crippen LogP contribution >= 0.6 is 15.9 Å². The Morgan fingerprint density at radius 3 is 2.73 bits per heavy atom. The number of hydrogen-bond donors (Lipinski definition) is 2. The van der Waals surface area contributed by atoms with Gasteiger partial charge in [0.05, 0.1) is 18.5 Å². The van der Waals surface area contributed by atoms with Crippen LogP contribution in [0.25, 0.3) is 0 Å². The highest BCUT2D eigenvalue weighted by Gasteiger charge is 2.26. The van der Waals surface area contributed by atoms with Crippen molar-refractivity contribution in [3.63, 3.8) is 0 Å². The van der Waals surface area contributed by atoms with Gasteiger partial charge in [0.15, 0.2) is 0 Å². The zero-order chi connectivity index (χ0) is 16.1.